The lowest BCUT2D eigenvalue weighted by atomic mass is 10.2. The molecular formula is C8H5ClFN3O. The van der Waals surface area contributed by atoms with Crippen LogP contribution in [0.15, 0.2) is 22.7 Å². The Morgan fingerprint density at radius 3 is 2.79 bits per heavy atom. The van der Waals surface area contributed by atoms with Crippen LogP contribution in [0.1, 0.15) is 0 Å². The van der Waals surface area contributed by atoms with Crippen LogP contribution in [-0.4, -0.2) is 10.1 Å². The summed E-state index contributed by atoms with van der Waals surface area (Å²) in [4.78, 5) is 3.77. The highest BCUT2D eigenvalue weighted by Gasteiger charge is 2.08. The van der Waals surface area contributed by atoms with Gasteiger partial charge in [0.15, 0.2) is 0 Å². The molecule has 0 aliphatic heterocycles. The summed E-state index contributed by atoms with van der Waals surface area (Å²) in [5.74, 6) is -0.257. The molecule has 6 heteroatoms. The number of hydrogen-bond acceptors (Lipinski definition) is 4. The third-order valence-electron chi connectivity index (χ3n) is 1.61. The predicted molar refractivity (Wildman–Crippen MR) is 49.1 cm³/mol. The van der Waals surface area contributed by atoms with Gasteiger partial charge in [0.05, 0.1) is 5.02 Å². The second-order valence-electron chi connectivity index (χ2n) is 2.59. The maximum atomic E-state index is 12.8. The summed E-state index contributed by atoms with van der Waals surface area (Å²) in [6, 6.07) is 4.09. The van der Waals surface area contributed by atoms with Crippen LogP contribution in [0, 0.1) is 5.82 Å². The Hall–Kier alpha value is -1.62. The predicted octanol–water partition coefficient (Wildman–Crippen LogP) is 2.11. The minimum Gasteiger partial charge on any atom is -0.365 e. The van der Waals surface area contributed by atoms with E-state index in [1.807, 2.05) is 0 Å². The van der Waals surface area contributed by atoms with Crippen molar-refractivity contribution in [1.82, 2.24) is 10.1 Å². The van der Waals surface area contributed by atoms with Crippen LogP contribution in [0.4, 0.5) is 10.3 Å². The number of anilines is 1. The number of nitrogens with two attached hydrogens (primary N) is 1. The molecule has 14 heavy (non-hydrogen) atoms. The van der Waals surface area contributed by atoms with Gasteiger partial charge >= 0.3 is 0 Å². The molecule has 2 aromatic rings. The Bertz CT molecular complexity index is 471. The average molecular weight is 214 g/mol. The first kappa shape index (κ1) is 8.96. The average Bonchev–Trinajstić information content (AvgIpc) is 2.57. The Morgan fingerprint density at radius 2 is 2.21 bits per heavy atom. The molecule has 0 fully saturated rings. The third-order valence-corrected chi connectivity index (χ3v) is 1.90. The lowest BCUT2D eigenvalue weighted by Gasteiger charge is -1.95. The highest BCUT2D eigenvalue weighted by Crippen LogP contribution is 2.23. The van der Waals surface area contributed by atoms with Crippen molar-refractivity contribution in [3.05, 3.63) is 29.0 Å². The first-order valence-corrected chi connectivity index (χ1v) is 4.09. The van der Waals surface area contributed by atoms with Crippen molar-refractivity contribution < 1.29 is 8.91 Å². The van der Waals surface area contributed by atoms with Crippen LogP contribution in [0.2, 0.25) is 5.02 Å². The van der Waals surface area contributed by atoms with Gasteiger partial charge in [-0.25, -0.2) is 4.39 Å². The van der Waals surface area contributed by atoms with Crippen LogP contribution in [-0.2, 0) is 0 Å². The number of hydrogen-bond donors (Lipinski definition) is 1. The van der Waals surface area contributed by atoms with Crippen molar-refractivity contribution in [2.45, 2.75) is 0 Å². The lowest BCUT2D eigenvalue weighted by Crippen LogP contribution is -1.86. The van der Waals surface area contributed by atoms with E-state index in [1.54, 1.807) is 0 Å². The summed E-state index contributed by atoms with van der Waals surface area (Å²) in [6.45, 7) is 0. The Kier molecular flexibility index (Phi) is 2.09. The molecule has 0 saturated carbocycles. The SMILES string of the molecule is Nc1noc(-c2ccc(F)c(Cl)c2)n1. The topological polar surface area (TPSA) is 64.9 Å². The van der Waals surface area contributed by atoms with E-state index in [0.717, 1.165) is 0 Å². The van der Waals surface area contributed by atoms with Crippen LogP contribution in [0.25, 0.3) is 11.5 Å². The second kappa shape index (κ2) is 3.26. The second-order valence-corrected chi connectivity index (χ2v) is 2.99. The fourth-order valence-electron chi connectivity index (χ4n) is 0.981. The van der Waals surface area contributed by atoms with E-state index in [2.05, 4.69) is 10.1 Å². The minimum atomic E-state index is -0.497. The number of aromatic nitrogens is 2. The van der Waals surface area contributed by atoms with Gasteiger partial charge in [0.2, 0.25) is 0 Å². The Morgan fingerprint density at radius 1 is 1.43 bits per heavy atom. The smallest absolute Gasteiger partial charge is 0.261 e. The molecule has 0 amide bonds. The summed E-state index contributed by atoms with van der Waals surface area (Å²) >= 11 is 5.57. The van der Waals surface area contributed by atoms with Gasteiger partial charge in [-0.15, -0.1) is 0 Å². The maximum absolute atomic E-state index is 12.8. The zero-order valence-electron chi connectivity index (χ0n) is 6.87. The number of nitrogen functional groups attached to an aromatic ring is 1. The molecule has 72 valence electrons. The largest absolute Gasteiger partial charge is 0.365 e. The van der Waals surface area contributed by atoms with Crippen molar-refractivity contribution in [3.63, 3.8) is 0 Å². The van der Waals surface area contributed by atoms with E-state index in [4.69, 9.17) is 21.9 Å². The molecule has 0 unspecified atom stereocenters. The van der Waals surface area contributed by atoms with Gasteiger partial charge in [0.25, 0.3) is 11.8 Å². The fraction of sp³-hybridized carbons (Fsp3) is 0. The normalized spacial score (nSPS) is 10.4. The summed E-state index contributed by atoms with van der Waals surface area (Å²) in [5, 5.41) is 3.40. The molecule has 2 rings (SSSR count). The van der Waals surface area contributed by atoms with Gasteiger partial charge in [0, 0.05) is 5.56 Å². The molecule has 0 spiro atoms. The molecule has 0 aliphatic rings. The van der Waals surface area contributed by atoms with E-state index in [-0.39, 0.29) is 16.9 Å². The van der Waals surface area contributed by atoms with Gasteiger partial charge in [-0.05, 0) is 23.4 Å². The minimum absolute atomic E-state index is 0.000675. The van der Waals surface area contributed by atoms with E-state index < -0.39 is 5.82 Å². The molecule has 0 radical (unpaired) electrons. The lowest BCUT2D eigenvalue weighted by molar-refractivity contribution is 0.433. The summed E-state index contributed by atoms with van der Waals surface area (Å²) in [5.41, 5.74) is 5.79. The van der Waals surface area contributed by atoms with Crippen molar-refractivity contribution in [3.8, 4) is 11.5 Å². The number of rotatable bonds is 1. The van der Waals surface area contributed by atoms with E-state index >= 15 is 0 Å². The number of benzene rings is 1. The zero-order valence-corrected chi connectivity index (χ0v) is 7.62. The monoisotopic (exact) mass is 213 g/mol. The van der Waals surface area contributed by atoms with Gasteiger partial charge in [-0.2, -0.15) is 4.98 Å². The van der Waals surface area contributed by atoms with Crippen LogP contribution in [0.3, 0.4) is 0 Å². The van der Waals surface area contributed by atoms with Crippen LogP contribution in [0.5, 0.6) is 0 Å². The molecule has 1 aromatic heterocycles. The first-order chi connectivity index (χ1) is 6.66. The van der Waals surface area contributed by atoms with E-state index in [1.165, 1.54) is 18.2 Å². The van der Waals surface area contributed by atoms with Gasteiger partial charge in [-0.1, -0.05) is 11.6 Å². The molecule has 1 aromatic carbocycles. The maximum Gasteiger partial charge on any atom is 0.261 e. The van der Waals surface area contributed by atoms with Crippen molar-refractivity contribution in [2.24, 2.45) is 0 Å². The quantitative estimate of drug-likeness (QED) is 0.788. The zero-order chi connectivity index (χ0) is 10.1. The highest BCUT2D eigenvalue weighted by atomic mass is 35.5. The highest BCUT2D eigenvalue weighted by molar-refractivity contribution is 6.31. The van der Waals surface area contributed by atoms with Gasteiger partial charge < -0.3 is 10.3 Å². The van der Waals surface area contributed by atoms with Crippen molar-refractivity contribution in [2.75, 3.05) is 5.73 Å². The molecular weight excluding hydrogens is 209 g/mol. The third kappa shape index (κ3) is 1.54. The molecule has 0 bridgehead atoms. The number of nitrogens with zero attached hydrogens (tertiary/aromatic N) is 2. The first-order valence-electron chi connectivity index (χ1n) is 3.71. The standard InChI is InChI=1S/C8H5ClFN3O/c9-5-3-4(1-2-6(5)10)7-12-8(11)13-14-7/h1-3H,(H2,11,13). The van der Waals surface area contributed by atoms with Gasteiger partial charge in [-0.3, -0.25) is 0 Å². The molecule has 2 N–H and O–H groups in total. The van der Waals surface area contributed by atoms with E-state index in [0.29, 0.717) is 5.56 Å². The van der Waals surface area contributed by atoms with Crippen LogP contribution >= 0.6 is 11.6 Å². The fourth-order valence-corrected chi connectivity index (χ4v) is 1.16. The summed E-state index contributed by atoms with van der Waals surface area (Å²) < 4.78 is 17.6. The number of halogens is 2. The van der Waals surface area contributed by atoms with Crippen LogP contribution < -0.4 is 5.73 Å². The van der Waals surface area contributed by atoms with Crippen molar-refractivity contribution >= 4 is 17.5 Å². The summed E-state index contributed by atoms with van der Waals surface area (Å²) in [6.07, 6.45) is 0. The molecule has 0 aliphatic carbocycles. The Labute approximate surface area is 83.5 Å². The molecule has 1 heterocycles. The Balaban J connectivity index is 2.47. The van der Waals surface area contributed by atoms with Gasteiger partial charge in [0.1, 0.15) is 5.82 Å². The summed E-state index contributed by atoms with van der Waals surface area (Å²) in [7, 11) is 0. The van der Waals surface area contributed by atoms with Crippen molar-refractivity contribution in [1.29, 1.82) is 0 Å². The molecule has 0 atom stereocenters. The van der Waals surface area contributed by atoms with E-state index in [9.17, 15) is 4.39 Å². The molecule has 0 saturated heterocycles. The molecule has 4 nitrogen and oxygen atoms in total.